The Morgan fingerprint density at radius 3 is 2.07 bits per heavy atom. The summed E-state index contributed by atoms with van der Waals surface area (Å²) in [5.74, 6) is 0.961. The third-order valence-corrected chi connectivity index (χ3v) is 8.66. The Morgan fingerprint density at radius 1 is 0.786 bits per heavy atom. The van der Waals surface area contributed by atoms with Gasteiger partial charge in [0.15, 0.2) is 5.60 Å². The van der Waals surface area contributed by atoms with Gasteiger partial charge in [0.25, 0.3) is 0 Å². The lowest BCUT2D eigenvalue weighted by Gasteiger charge is -2.38. The largest absolute Gasteiger partial charge is 0.497 e. The molecule has 0 aromatic heterocycles. The maximum Gasteiger partial charge on any atom is 0.416 e. The molecule has 2 nitrogen and oxygen atoms in total. The van der Waals surface area contributed by atoms with Crippen LogP contribution in [0.25, 0.3) is 28.0 Å². The van der Waals surface area contributed by atoms with Gasteiger partial charge >= 0.3 is 6.18 Å². The minimum absolute atomic E-state index is 0.357. The highest BCUT2D eigenvalue weighted by Crippen LogP contribution is 2.58. The normalized spacial score (nSPS) is 18.3. The third kappa shape index (κ3) is 3.71. The second-order valence-electron chi connectivity index (χ2n) is 11.3. The first-order chi connectivity index (χ1) is 20.0. The summed E-state index contributed by atoms with van der Waals surface area (Å²) in [5.41, 5.74) is 3.15. The van der Waals surface area contributed by atoms with Gasteiger partial charge < -0.3 is 9.47 Å². The van der Waals surface area contributed by atoms with Gasteiger partial charge in [0.2, 0.25) is 0 Å². The first-order valence-electron chi connectivity index (χ1n) is 13.6. The summed E-state index contributed by atoms with van der Waals surface area (Å²) in [6, 6.07) is 25.7. The van der Waals surface area contributed by atoms with Crippen LogP contribution in [0.1, 0.15) is 47.2 Å². The second-order valence-corrected chi connectivity index (χ2v) is 11.3. The molecule has 0 saturated carbocycles. The average Bonchev–Trinajstić information content (AvgIpc) is 3.23. The van der Waals surface area contributed by atoms with Crippen molar-refractivity contribution in [3.63, 3.8) is 0 Å². The Balaban J connectivity index is 1.51. The molecule has 42 heavy (non-hydrogen) atoms. The van der Waals surface area contributed by atoms with Gasteiger partial charge in [-0.2, -0.15) is 13.2 Å². The first kappa shape index (κ1) is 26.3. The van der Waals surface area contributed by atoms with Gasteiger partial charge in [-0.3, -0.25) is 0 Å². The van der Waals surface area contributed by atoms with Gasteiger partial charge in [0.1, 0.15) is 17.3 Å². The van der Waals surface area contributed by atoms with Crippen LogP contribution in [0.2, 0.25) is 0 Å². The van der Waals surface area contributed by atoms with Crippen molar-refractivity contribution in [3.8, 4) is 22.6 Å². The molecule has 1 aliphatic heterocycles. The van der Waals surface area contributed by atoms with E-state index in [1.165, 1.54) is 18.2 Å². The van der Waals surface area contributed by atoms with E-state index in [-0.39, 0.29) is 5.82 Å². The summed E-state index contributed by atoms with van der Waals surface area (Å²) in [6.07, 6.45) is -0.479. The Morgan fingerprint density at radius 2 is 1.43 bits per heavy atom. The fourth-order valence-electron chi connectivity index (χ4n) is 6.62. The van der Waals surface area contributed by atoms with Crippen molar-refractivity contribution in [2.75, 3.05) is 7.11 Å². The molecule has 0 radical (unpaired) electrons. The molecule has 0 saturated heterocycles. The summed E-state index contributed by atoms with van der Waals surface area (Å²) >= 11 is 0. The lowest BCUT2D eigenvalue weighted by molar-refractivity contribution is -0.137. The molecule has 0 fully saturated rings. The van der Waals surface area contributed by atoms with Crippen LogP contribution < -0.4 is 9.47 Å². The van der Waals surface area contributed by atoms with Gasteiger partial charge in [0, 0.05) is 27.5 Å². The smallest absolute Gasteiger partial charge is 0.416 e. The van der Waals surface area contributed by atoms with E-state index in [0.29, 0.717) is 17.1 Å². The van der Waals surface area contributed by atoms with Crippen LogP contribution >= 0.6 is 0 Å². The second kappa shape index (κ2) is 8.96. The Labute approximate surface area is 240 Å². The Hall–Kier alpha value is -4.58. The molecule has 0 spiro atoms. The molecule has 5 aromatic rings. The van der Waals surface area contributed by atoms with Crippen LogP contribution in [0.5, 0.6) is 11.5 Å². The molecular formula is C36H26F4O2. The van der Waals surface area contributed by atoms with Crippen LogP contribution in [0, 0.1) is 5.82 Å². The number of methoxy groups -OCH3 is 1. The monoisotopic (exact) mass is 566 g/mol. The van der Waals surface area contributed by atoms with E-state index in [2.05, 4.69) is 0 Å². The number of ether oxygens (including phenoxy) is 2. The molecule has 1 heterocycles. The zero-order valence-corrected chi connectivity index (χ0v) is 23.1. The van der Waals surface area contributed by atoms with Crippen LogP contribution in [0.3, 0.4) is 0 Å². The van der Waals surface area contributed by atoms with Crippen molar-refractivity contribution in [1.29, 1.82) is 0 Å². The SMILES string of the molecule is COc1ccc(C2(c3ccc(F)cc3)C=Cc3c4c(c5ccccc5c3O2)-c2ccc(C(F)(F)F)cc2C4(C)C)cc1. The van der Waals surface area contributed by atoms with E-state index in [4.69, 9.17) is 9.47 Å². The van der Waals surface area contributed by atoms with Gasteiger partial charge in [0.05, 0.1) is 12.7 Å². The molecule has 210 valence electrons. The zero-order valence-electron chi connectivity index (χ0n) is 23.1. The third-order valence-electron chi connectivity index (χ3n) is 8.66. The predicted octanol–water partition coefficient (Wildman–Crippen LogP) is 9.66. The summed E-state index contributed by atoms with van der Waals surface area (Å²) in [4.78, 5) is 0. The van der Waals surface area contributed by atoms with Crippen molar-refractivity contribution in [1.82, 2.24) is 0 Å². The maximum atomic E-state index is 14.0. The van der Waals surface area contributed by atoms with Crippen LogP contribution in [-0.4, -0.2) is 7.11 Å². The lowest BCUT2D eigenvalue weighted by Crippen LogP contribution is -2.35. The number of hydrogen-bond acceptors (Lipinski definition) is 2. The fourth-order valence-corrected chi connectivity index (χ4v) is 6.62. The molecule has 6 heteroatoms. The molecule has 2 aliphatic rings. The van der Waals surface area contributed by atoms with Crippen molar-refractivity contribution >= 4 is 16.8 Å². The minimum Gasteiger partial charge on any atom is -0.497 e. The van der Waals surface area contributed by atoms with E-state index in [9.17, 15) is 17.6 Å². The average molecular weight is 567 g/mol. The number of alkyl halides is 3. The van der Waals surface area contributed by atoms with Gasteiger partial charge in [-0.25, -0.2) is 4.39 Å². The predicted molar refractivity (Wildman–Crippen MR) is 156 cm³/mol. The van der Waals surface area contributed by atoms with Crippen molar-refractivity contribution in [2.45, 2.75) is 31.0 Å². The standard InChI is InChI=1S/C36H26F4O2/c1-34(2)30-20-23(36(38,39)40)12-17-28(30)31-26-6-4-5-7-27(26)33-29(32(31)34)18-19-35(42-33,21-8-13-24(37)14-9-21)22-10-15-25(41-3)16-11-22/h4-20H,1-3H3. The highest BCUT2D eigenvalue weighted by atomic mass is 19.4. The molecule has 1 atom stereocenters. The summed E-state index contributed by atoms with van der Waals surface area (Å²) in [5, 5.41) is 1.75. The fraction of sp³-hybridized carbons (Fsp3) is 0.167. The van der Waals surface area contributed by atoms with Crippen molar-refractivity contribution < 1.29 is 27.0 Å². The van der Waals surface area contributed by atoms with Crippen molar-refractivity contribution in [3.05, 3.63) is 136 Å². The minimum atomic E-state index is -4.45. The number of halogens is 4. The first-order valence-corrected chi connectivity index (χ1v) is 13.6. The van der Waals surface area contributed by atoms with E-state index in [0.717, 1.165) is 50.2 Å². The number of benzene rings is 5. The van der Waals surface area contributed by atoms with E-state index < -0.39 is 22.8 Å². The van der Waals surface area contributed by atoms with Crippen LogP contribution in [0.15, 0.2) is 97.1 Å². The number of hydrogen-bond donors (Lipinski definition) is 0. The molecule has 0 N–H and O–H groups in total. The highest BCUT2D eigenvalue weighted by Gasteiger charge is 2.45. The number of fused-ring (bicyclic) bond motifs is 8. The molecule has 5 aromatic carbocycles. The van der Waals surface area contributed by atoms with E-state index in [1.807, 2.05) is 74.5 Å². The van der Waals surface area contributed by atoms with Gasteiger partial charge in [-0.15, -0.1) is 0 Å². The quantitative estimate of drug-likeness (QED) is 0.203. The van der Waals surface area contributed by atoms with E-state index in [1.54, 1.807) is 25.3 Å². The van der Waals surface area contributed by atoms with E-state index >= 15 is 0 Å². The van der Waals surface area contributed by atoms with Crippen molar-refractivity contribution in [2.24, 2.45) is 0 Å². The molecule has 1 unspecified atom stereocenters. The van der Waals surface area contributed by atoms with Gasteiger partial charge in [-0.05, 0) is 70.1 Å². The molecular weight excluding hydrogens is 540 g/mol. The maximum absolute atomic E-state index is 14.0. The summed E-state index contributed by atoms with van der Waals surface area (Å²) in [7, 11) is 1.60. The zero-order chi connectivity index (χ0) is 29.4. The van der Waals surface area contributed by atoms with Gasteiger partial charge in [-0.1, -0.05) is 74.5 Å². The summed E-state index contributed by atoms with van der Waals surface area (Å²) in [6.45, 7) is 3.93. The summed E-state index contributed by atoms with van der Waals surface area (Å²) < 4.78 is 67.9. The molecule has 7 rings (SSSR count). The molecule has 0 amide bonds. The topological polar surface area (TPSA) is 18.5 Å². The number of rotatable bonds is 3. The van der Waals surface area contributed by atoms with Crippen LogP contribution in [0.4, 0.5) is 17.6 Å². The van der Waals surface area contributed by atoms with Crippen LogP contribution in [-0.2, 0) is 17.2 Å². The molecule has 0 bridgehead atoms. The Bertz CT molecular complexity index is 1900. The highest BCUT2D eigenvalue weighted by molar-refractivity contribution is 6.08. The lowest BCUT2D eigenvalue weighted by atomic mass is 9.76. The molecule has 1 aliphatic carbocycles. The Kier molecular flexibility index (Phi) is 5.62.